The van der Waals surface area contributed by atoms with Gasteiger partial charge in [-0.25, -0.2) is 4.98 Å². The van der Waals surface area contributed by atoms with Crippen molar-refractivity contribution in [2.75, 3.05) is 38.2 Å². The minimum Gasteiger partial charge on any atom is -0.495 e. The normalized spacial score (nSPS) is 13.4. The van der Waals surface area contributed by atoms with E-state index in [0.717, 1.165) is 29.3 Å². The maximum Gasteiger partial charge on any atom is 0.273 e. The molecule has 0 N–H and O–H groups in total. The summed E-state index contributed by atoms with van der Waals surface area (Å²) >= 11 is 3.01. The molecular weight excluding hydrogens is 555 g/mol. The Hall–Kier alpha value is -4.22. The van der Waals surface area contributed by atoms with Crippen LogP contribution in [0.2, 0.25) is 0 Å². The van der Waals surface area contributed by atoms with Crippen molar-refractivity contribution in [3.8, 4) is 22.8 Å². The number of aromatic nitrogens is 5. The van der Waals surface area contributed by atoms with Crippen molar-refractivity contribution in [3.63, 3.8) is 0 Å². The van der Waals surface area contributed by atoms with Crippen LogP contribution < -0.4 is 9.64 Å². The van der Waals surface area contributed by atoms with Crippen molar-refractivity contribution >= 4 is 34.7 Å². The van der Waals surface area contributed by atoms with Crippen molar-refractivity contribution < 1.29 is 9.53 Å². The van der Waals surface area contributed by atoms with Gasteiger partial charge in [-0.15, -0.1) is 21.5 Å². The number of hydrogen-bond donors (Lipinski definition) is 0. The highest BCUT2D eigenvalue weighted by molar-refractivity contribution is 7.98. The van der Waals surface area contributed by atoms with Crippen molar-refractivity contribution in [2.24, 2.45) is 0 Å². The van der Waals surface area contributed by atoms with Gasteiger partial charge in [0.2, 0.25) is 0 Å². The zero-order chi connectivity index (χ0) is 28.2. The number of carbonyl (C=O) groups is 1. The maximum absolute atomic E-state index is 13.3. The van der Waals surface area contributed by atoms with Crippen LogP contribution in [0.15, 0.2) is 83.6 Å². The molecule has 0 unspecified atom stereocenters. The Morgan fingerprint density at radius 1 is 0.976 bits per heavy atom. The highest BCUT2D eigenvalue weighted by atomic mass is 32.2. The van der Waals surface area contributed by atoms with Gasteiger partial charge in [0.25, 0.3) is 5.91 Å². The molecule has 1 fully saturated rings. The van der Waals surface area contributed by atoms with Gasteiger partial charge in [0.05, 0.1) is 18.6 Å². The maximum atomic E-state index is 13.3. The second kappa shape index (κ2) is 12.1. The molecule has 4 heterocycles. The number of methoxy groups -OCH3 is 1. The Kier molecular flexibility index (Phi) is 7.97. The van der Waals surface area contributed by atoms with Crippen LogP contribution in [-0.4, -0.2) is 68.8 Å². The lowest BCUT2D eigenvalue weighted by molar-refractivity contribution is 0.0741. The number of pyridine rings is 1. The Balaban J connectivity index is 1.16. The second-order valence-corrected chi connectivity index (χ2v) is 11.4. The number of nitrogens with zero attached hydrogens (tertiary/aromatic N) is 7. The first-order valence-electron chi connectivity index (χ1n) is 13.3. The summed E-state index contributed by atoms with van der Waals surface area (Å²) in [7, 11) is 1.65. The molecule has 0 radical (unpaired) electrons. The average molecular weight is 584 g/mol. The van der Waals surface area contributed by atoms with Gasteiger partial charge >= 0.3 is 0 Å². The van der Waals surface area contributed by atoms with Crippen LogP contribution >= 0.6 is 23.1 Å². The summed E-state index contributed by atoms with van der Waals surface area (Å²) in [5, 5.41) is 12.4. The van der Waals surface area contributed by atoms with Crippen LogP contribution in [0.3, 0.4) is 0 Å². The number of hydrogen-bond acceptors (Lipinski definition) is 9. The van der Waals surface area contributed by atoms with Crippen LogP contribution in [0.25, 0.3) is 17.1 Å². The zero-order valence-electron chi connectivity index (χ0n) is 22.8. The molecule has 1 saturated heterocycles. The Morgan fingerprint density at radius 3 is 2.51 bits per heavy atom. The van der Waals surface area contributed by atoms with Gasteiger partial charge in [-0.2, -0.15) is 0 Å². The van der Waals surface area contributed by atoms with E-state index in [-0.39, 0.29) is 5.91 Å². The summed E-state index contributed by atoms with van der Waals surface area (Å²) in [5.74, 6) is 1.92. The molecule has 0 bridgehead atoms. The first-order chi connectivity index (χ1) is 20.1. The van der Waals surface area contributed by atoms with E-state index in [4.69, 9.17) is 9.72 Å². The fourth-order valence-electron chi connectivity index (χ4n) is 4.91. The molecular formula is C30H29N7O2S2. The lowest BCUT2D eigenvalue weighted by Gasteiger charge is -2.36. The third-order valence-electron chi connectivity index (χ3n) is 7.00. The van der Waals surface area contributed by atoms with E-state index in [9.17, 15) is 4.79 Å². The summed E-state index contributed by atoms with van der Waals surface area (Å²) in [6.07, 6.45) is 3.50. The molecule has 1 aliphatic rings. The van der Waals surface area contributed by atoms with E-state index in [1.807, 2.05) is 51.2 Å². The Morgan fingerprint density at radius 2 is 1.76 bits per heavy atom. The molecule has 208 valence electrons. The first-order valence-corrected chi connectivity index (χ1v) is 15.1. The molecule has 6 rings (SSSR count). The summed E-state index contributed by atoms with van der Waals surface area (Å²) in [4.78, 5) is 26.5. The molecule has 0 aliphatic carbocycles. The van der Waals surface area contributed by atoms with Gasteiger partial charge in [0.1, 0.15) is 16.5 Å². The standard InChI is InChI=1S/C30H29N7O2S2/c1-21-8-3-4-10-24(21)35-14-16-36(17-15-35)29(38)23-19-40-27(32-23)20-41-30-34-33-28(22-9-7-13-31-18-22)37(30)25-11-5-6-12-26(25)39-2/h3-13,18-19H,14-17,20H2,1-2H3. The van der Waals surface area contributed by atoms with Gasteiger partial charge < -0.3 is 14.5 Å². The molecule has 0 atom stereocenters. The largest absolute Gasteiger partial charge is 0.495 e. The van der Waals surface area contributed by atoms with Gasteiger partial charge in [-0.1, -0.05) is 42.1 Å². The molecule has 0 saturated carbocycles. The van der Waals surface area contributed by atoms with Gasteiger partial charge in [0.15, 0.2) is 11.0 Å². The summed E-state index contributed by atoms with van der Waals surface area (Å²) in [6.45, 7) is 5.09. The van der Waals surface area contributed by atoms with Crippen LogP contribution in [-0.2, 0) is 5.75 Å². The highest BCUT2D eigenvalue weighted by Crippen LogP contribution is 2.34. The molecule has 41 heavy (non-hydrogen) atoms. The van der Waals surface area contributed by atoms with E-state index in [1.54, 1.807) is 19.5 Å². The van der Waals surface area contributed by atoms with Gasteiger partial charge in [0, 0.05) is 55.2 Å². The molecule has 1 amide bonds. The van der Waals surface area contributed by atoms with Crippen molar-refractivity contribution in [1.82, 2.24) is 29.6 Å². The van der Waals surface area contributed by atoms with Gasteiger partial charge in [-0.3, -0.25) is 14.3 Å². The summed E-state index contributed by atoms with van der Waals surface area (Å²) in [5.41, 5.74) is 4.67. The monoisotopic (exact) mass is 583 g/mol. The molecule has 5 aromatic rings. The van der Waals surface area contributed by atoms with E-state index in [0.29, 0.717) is 41.3 Å². The lowest BCUT2D eigenvalue weighted by Crippen LogP contribution is -2.49. The van der Waals surface area contributed by atoms with E-state index in [2.05, 4.69) is 51.3 Å². The third-order valence-corrected chi connectivity index (χ3v) is 8.97. The quantitative estimate of drug-likeness (QED) is 0.226. The van der Waals surface area contributed by atoms with Crippen LogP contribution in [0.1, 0.15) is 21.1 Å². The number of ether oxygens (including phenoxy) is 1. The summed E-state index contributed by atoms with van der Waals surface area (Å²) < 4.78 is 7.63. The predicted octanol–water partition coefficient (Wildman–Crippen LogP) is 5.36. The number of amides is 1. The van der Waals surface area contributed by atoms with Crippen LogP contribution in [0.5, 0.6) is 5.75 Å². The van der Waals surface area contributed by atoms with Crippen molar-refractivity contribution in [2.45, 2.75) is 17.8 Å². The lowest BCUT2D eigenvalue weighted by atomic mass is 10.1. The average Bonchev–Trinajstić information content (AvgIpc) is 3.68. The zero-order valence-corrected chi connectivity index (χ0v) is 24.4. The minimum atomic E-state index is -0.0158. The SMILES string of the molecule is COc1ccccc1-n1c(SCc2nc(C(=O)N3CCN(c4ccccc4C)CC3)cs2)nnc1-c1cccnc1. The second-order valence-electron chi connectivity index (χ2n) is 9.54. The van der Waals surface area contributed by atoms with Crippen LogP contribution in [0, 0.1) is 6.92 Å². The summed E-state index contributed by atoms with van der Waals surface area (Å²) in [6, 6.07) is 20.0. The molecule has 0 spiro atoms. The number of anilines is 1. The van der Waals surface area contributed by atoms with Crippen LogP contribution in [0.4, 0.5) is 5.69 Å². The highest BCUT2D eigenvalue weighted by Gasteiger charge is 2.25. The van der Waals surface area contributed by atoms with E-state index >= 15 is 0 Å². The van der Waals surface area contributed by atoms with E-state index in [1.165, 1.54) is 34.3 Å². The number of benzene rings is 2. The topological polar surface area (TPSA) is 89.3 Å². The minimum absolute atomic E-state index is 0.0158. The number of piperazine rings is 1. The third kappa shape index (κ3) is 5.68. The Labute approximate surface area is 246 Å². The molecule has 2 aromatic carbocycles. The number of para-hydroxylation sites is 3. The van der Waals surface area contributed by atoms with Crippen molar-refractivity contribution in [1.29, 1.82) is 0 Å². The smallest absolute Gasteiger partial charge is 0.273 e. The first kappa shape index (κ1) is 27.0. The number of thiazole rings is 1. The molecule has 3 aromatic heterocycles. The molecule has 11 heteroatoms. The molecule has 1 aliphatic heterocycles. The Bertz CT molecular complexity index is 1650. The number of aryl methyl sites for hydroxylation is 1. The van der Waals surface area contributed by atoms with Crippen molar-refractivity contribution in [3.05, 3.63) is 94.7 Å². The fourth-order valence-corrected chi connectivity index (χ4v) is 6.64. The van der Waals surface area contributed by atoms with Gasteiger partial charge in [-0.05, 0) is 42.8 Å². The number of rotatable bonds is 8. The fraction of sp³-hybridized carbons (Fsp3) is 0.233. The van der Waals surface area contributed by atoms with E-state index < -0.39 is 0 Å². The molecule has 9 nitrogen and oxygen atoms in total. The number of thioether (sulfide) groups is 1. The number of carbonyl (C=O) groups excluding carboxylic acids is 1. The predicted molar refractivity (Wildman–Crippen MR) is 162 cm³/mol.